The molecule has 0 aliphatic carbocycles. The van der Waals surface area contributed by atoms with Gasteiger partial charge in [0.15, 0.2) is 0 Å². The summed E-state index contributed by atoms with van der Waals surface area (Å²) in [6.07, 6.45) is 3.03. The molecule has 1 fully saturated rings. The third-order valence-electron chi connectivity index (χ3n) is 3.16. The first-order valence-corrected chi connectivity index (χ1v) is 5.80. The number of hydrogen-bond donors (Lipinski definition) is 2. The lowest BCUT2D eigenvalue weighted by Gasteiger charge is -2.36. The average Bonchev–Trinajstić information content (AvgIpc) is 2.19. The summed E-state index contributed by atoms with van der Waals surface area (Å²) in [5.74, 6) is -0.0697. The highest BCUT2D eigenvalue weighted by Crippen LogP contribution is 2.19. The highest BCUT2D eigenvalue weighted by atomic mass is 16.4. The zero-order valence-electron chi connectivity index (χ0n) is 9.70. The van der Waals surface area contributed by atoms with Gasteiger partial charge in [0.1, 0.15) is 6.04 Å². The Kier molecular flexibility index (Phi) is 5.05. The van der Waals surface area contributed by atoms with Crippen molar-refractivity contribution in [3.05, 3.63) is 0 Å². The van der Waals surface area contributed by atoms with Crippen molar-refractivity contribution in [1.29, 1.82) is 0 Å². The SMILES string of the molecule is CCC(C(=O)O)N1CCCC(CNC)C1. The van der Waals surface area contributed by atoms with Crippen molar-refractivity contribution < 1.29 is 9.90 Å². The summed E-state index contributed by atoms with van der Waals surface area (Å²) in [7, 11) is 1.95. The van der Waals surface area contributed by atoms with Gasteiger partial charge >= 0.3 is 5.97 Å². The first-order chi connectivity index (χ1) is 7.19. The molecule has 0 aromatic rings. The number of carboxylic acids is 1. The molecule has 0 amide bonds. The number of nitrogens with one attached hydrogen (secondary N) is 1. The van der Waals surface area contributed by atoms with Crippen LogP contribution in [0.2, 0.25) is 0 Å². The summed E-state index contributed by atoms with van der Waals surface area (Å²) in [6.45, 7) is 4.80. The van der Waals surface area contributed by atoms with Crippen LogP contribution in [0.1, 0.15) is 26.2 Å². The van der Waals surface area contributed by atoms with E-state index < -0.39 is 5.97 Å². The maximum Gasteiger partial charge on any atom is 0.320 e. The minimum atomic E-state index is -0.678. The molecule has 0 bridgehead atoms. The Labute approximate surface area is 91.6 Å². The van der Waals surface area contributed by atoms with E-state index >= 15 is 0 Å². The molecule has 0 saturated carbocycles. The first-order valence-electron chi connectivity index (χ1n) is 5.80. The molecule has 15 heavy (non-hydrogen) atoms. The lowest BCUT2D eigenvalue weighted by molar-refractivity contribution is -0.144. The lowest BCUT2D eigenvalue weighted by atomic mass is 9.96. The normalized spacial score (nSPS) is 25.1. The number of nitrogens with zero attached hydrogens (tertiary/aromatic N) is 1. The van der Waals surface area contributed by atoms with Gasteiger partial charge in [0.2, 0.25) is 0 Å². The number of carboxylic acid groups (broad SMARTS) is 1. The highest BCUT2D eigenvalue weighted by Gasteiger charge is 2.28. The molecule has 0 aromatic heterocycles. The van der Waals surface area contributed by atoms with E-state index in [2.05, 4.69) is 10.2 Å². The molecule has 1 heterocycles. The van der Waals surface area contributed by atoms with Gasteiger partial charge in [-0.1, -0.05) is 6.92 Å². The molecule has 0 radical (unpaired) electrons. The van der Waals surface area contributed by atoms with Crippen LogP contribution < -0.4 is 5.32 Å². The maximum atomic E-state index is 11.0. The molecule has 0 aromatic carbocycles. The van der Waals surface area contributed by atoms with Crippen LogP contribution in [0.5, 0.6) is 0 Å². The number of likely N-dealkylation sites (tertiary alicyclic amines) is 1. The largest absolute Gasteiger partial charge is 0.480 e. The molecule has 2 unspecified atom stereocenters. The van der Waals surface area contributed by atoms with Crippen molar-refractivity contribution >= 4 is 5.97 Å². The first kappa shape index (κ1) is 12.5. The van der Waals surface area contributed by atoms with Crippen LogP contribution in [0, 0.1) is 5.92 Å². The van der Waals surface area contributed by atoms with Crippen molar-refractivity contribution in [1.82, 2.24) is 10.2 Å². The molecule has 4 heteroatoms. The zero-order chi connectivity index (χ0) is 11.3. The Morgan fingerprint density at radius 2 is 2.40 bits per heavy atom. The average molecular weight is 214 g/mol. The van der Waals surface area contributed by atoms with E-state index in [-0.39, 0.29) is 6.04 Å². The Bertz CT molecular complexity index is 207. The van der Waals surface area contributed by atoms with Gasteiger partial charge in [0.25, 0.3) is 0 Å². The predicted molar refractivity (Wildman–Crippen MR) is 59.9 cm³/mol. The van der Waals surface area contributed by atoms with Gasteiger partial charge in [-0.3, -0.25) is 9.69 Å². The third kappa shape index (κ3) is 3.47. The Morgan fingerprint density at radius 1 is 1.67 bits per heavy atom. The standard InChI is InChI=1S/C11H22N2O2/c1-3-10(11(14)15)13-6-4-5-9(8-13)7-12-2/h9-10,12H,3-8H2,1-2H3,(H,14,15). The Hall–Kier alpha value is -0.610. The van der Waals surface area contributed by atoms with Crippen LogP contribution in [0.15, 0.2) is 0 Å². The molecule has 1 aliphatic heterocycles. The van der Waals surface area contributed by atoms with E-state index in [4.69, 9.17) is 5.11 Å². The summed E-state index contributed by atoms with van der Waals surface area (Å²) in [6, 6.07) is -0.287. The summed E-state index contributed by atoms with van der Waals surface area (Å²) >= 11 is 0. The number of rotatable bonds is 5. The predicted octanol–water partition coefficient (Wildman–Crippen LogP) is 0.781. The second-order valence-corrected chi connectivity index (χ2v) is 4.32. The molecular weight excluding hydrogens is 192 g/mol. The van der Waals surface area contributed by atoms with Crippen molar-refractivity contribution in [2.75, 3.05) is 26.7 Å². The number of carbonyl (C=O) groups is 1. The minimum Gasteiger partial charge on any atom is -0.480 e. The monoisotopic (exact) mass is 214 g/mol. The van der Waals surface area contributed by atoms with Crippen molar-refractivity contribution in [2.24, 2.45) is 5.92 Å². The highest BCUT2D eigenvalue weighted by molar-refractivity contribution is 5.73. The third-order valence-corrected chi connectivity index (χ3v) is 3.16. The van der Waals surface area contributed by atoms with Crippen LogP contribution in [0.3, 0.4) is 0 Å². The summed E-state index contributed by atoms with van der Waals surface area (Å²) in [5, 5.41) is 12.3. The van der Waals surface area contributed by atoms with Gasteiger partial charge in [-0.25, -0.2) is 0 Å². The molecule has 2 atom stereocenters. The van der Waals surface area contributed by atoms with Crippen molar-refractivity contribution in [3.63, 3.8) is 0 Å². The molecule has 1 rings (SSSR count). The summed E-state index contributed by atoms with van der Waals surface area (Å²) in [5.41, 5.74) is 0. The zero-order valence-corrected chi connectivity index (χ0v) is 9.70. The van der Waals surface area contributed by atoms with Gasteiger partial charge in [-0.2, -0.15) is 0 Å². The molecule has 1 saturated heterocycles. The fourth-order valence-electron chi connectivity index (χ4n) is 2.42. The van der Waals surface area contributed by atoms with Crippen LogP contribution in [0.25, 0.3) is 0 Å². The second-order valence-electron chi connectivity index (χ2n) is 4.32. The summed E-state index contributed by atoms with van der Waals surface area (Å²) < 4.78 is 0. The molecule has 1 aliphatic rings. The number of piperidine rings is 1. The van der Waals surface area contributed by atoms with E-state index in [1.807, 2.05) is 14.0 Å². The van der Waals surface area contributed by atoms with Crippen LogP contribution in [-0.4, -0.2) is 48.7 Å². The molecular formula is C11H22N2O2. The van der Waals surface area contributed by atoms with E-state index in [1.54, 1.807) is 0 Å². The second kappa shape index (κ2) is 6.08. The molecule has 0 spiro atoms. The van der Waals surface area contributed by atoms with Crippen molar-refractivity contribution in [3.8, 4) is 0 Å². The van der Waals surface area contributed by atoms with E-state index in [1.165, 1.54) is 6.42 Å². The fraction of sp³-hybridized carbons (Fsp3) is 0.909. The number of hydrogen-bond acceptors (Lipinski definition) is 3. The Morgan fingerprint density at radius 3 is 2.93 bits per heavy atom. The van der Waals surface area contributed by atoms with Crippen LogP contribution >= 0.6 is 0 Å². The van der Waals surface area contributed by atoms with Crippen LogP contribution in [-0.2, 0) is 4.79 Å². The van der Waals surface area contributed by atoms with Gasteiger partial charge in [-0.05, 0) is 45.3 Å². The van der Waals surface area contributed by atoms with E-state index in [0.29, 0.717) is 12.3 Å². The van der Waals surface area contributed by atoms with Gasteiger partial charge in [0, 0.05) is 6.54 Å². The Balaban J connectivity index is 2.50. The van der Waals surface area contributed by atoms with E-state index in [0.717, 1.165) is 26.1 Å². The van der Waals surface area contributed by atoms with E-state index in [9.17, 15) is 4.79 Å². The van der Waals surface area contributed by atoms with Crippen molar-refractivity contribution in [2.45, 2.75) is 32.2 Å². The molecule has 4 nitrogen and oxygen atoms in total. The quantitative estimate of drug-likeness (QED) is 0.710. The smallest absolute Gasteiger partial charge is 0.320 e. The number of aliphatic carboxylic acids is 1. The van der Waals surface area contributed by atoms with Gasteiger partial charge in [0.05, 0.1) is 0 Å². The maximum absolute atomic E-state index is 11.0. The molecule has 2 N–H and O–H groups in total. The topological polar surface area (TPSA) is 52.6 Å². The minimum absolute atomic E-state index is 0.287. The van der Waals surface area contributed by atoms with Gasteiger partial charge < -0.3 is 10.4 Å². The van der Waals surface area contributed by atoms with Crippen LogP contribution in [0.4, 0.5) is 0 Å². The summed E-state index contributed by atoms with van der Waals surface area (Å²) in [4.78, 5) is 13.2. The fourth-order valence-corrected chi connectivity index (χ4v) is 2.42. The van der Waals surface area contributed by atoms with Gasteiger partial charge in [-0.15, -0.1) is 0 Å². The molecule has 88 valence electrons. The lowest BCUT2D eigenvalue weighted by Crippen LogP contribution is -2.47.